The Morgan fingerprint density at radius 2 is 2.16 bits per heavy atom. The summed E-state index contributed by atoms with van der Waals surface area (Å²) in [5, 5.41) is 4.37. The number of nitrogens with zero attached hydrogens (tertiary/aromatic N) is 2. The minimum atomic E-state index is -0.636. The lowest BCUT2D eigenvalue weighted by atomic mass is 10.1. The second kappa shape index (κ2) is 5.19. The van der Waals surface area contributed by atoms with Crippen molar-refractivity contribution in [2.45, 2.75) is 32.9 Å². The third-order valence-corrected chi connectivity index (χ3v) is 2.78. The molecule has 2 rings (SSSR count). The van der Waals surface area contributed by atoms with Crippen LogP contribution in [0.2, 0.25) is 5.02 Å². The SMILES string of the molecule is Cc1ccc(OCc2nc(C(C)(C)N)no2)c(Cl)c1. The Morgan fingerprint density at radius 1 is 1.42 bits per heavy atom. The number of hydrogen-bond acceptors (Lipinski definition) is 5. The highest BCUT2D eigenvalue weighted by Gasteiger charge is 2.21. The van der Waals surface area contributed by atoms with Gasteiger partial charge in [-0.05, 0) is 38.5 Å². The standard InChI is InChI=1S/C13H16ClN3O2/c1-8-4-5-10(9(14)6-8)18-7-11-16-12(17-19-11)13(2,3)15/h4-6H,7,15H2,1-3H3. The molecule has 0 spiro atoms. The maximum absolute atomic E-state index is 6.06. The number of benzene rings is 1. The normalized spacial score (nSPS) is 11.6. The predicted octanol–water partition coefficient (Wildman–Crippen LogP) is 2.80. The molecule has 0 aliphatic carbocycles. The van der Waals surface area contributed by atoms with Gasteiger partial charge in [0, 0.05) is 0 Å². The fourth-order valence-corrected chi connectivity index (χ4v) is 1.73. The van der Waals surface area contributed by atoms with Crippen LogP contribution < -0.4 is 10.5 Å². The number of rotatable bonds is 4. The Labute approximate surface area is 116 Å². The molecule has 0 aliphatic heterocycles. The fraction of sp³-hybridized carbons (Fsp3) is 0.385. The minimum Gasteiger partial charge on any atom is -0.482 e. The fourth-order valence-electron chi connectivity index (χ4n) is 1.44. The molecule has 2 aromatic rings. The van der Waals surface area contributed by atoms with E-state index in [2.05, 4.69) is 10.1 Å². The lowest BCUT2D eigenvalue weighted by molar-refractivity contribution is 0.242. The molecule has 6 heteroatoms. The molecule has 0 saturated carbocycles. The van der Waals surface area contributed by atoms with Crippen molar-refractivity contribution < 1.29 is 9.26 Å². The van der Waals surface area contributed by atoms with E-state index in [4.69, 9.17) is 26.6 Å². The van der Waals surface area contributed by atoms with E-state index in [9.17, 15) is 0 Å². The van der Waals surface area contributed by atoms with Crippen LogP contribution in [-0.2, 0) is 12.1 Å². The molecule has 102 valence electrons. The van der Waals surface area contributed by atoms with Gasteiger partial charge < -0.3 is 15.0 Å². The summed E-state index contributed by atoms with van der Waals surface area (Å²) in [5.41, 5.74) is 6.31. The molecule has 0 bridgehead atoms. The van der Waals surface area contributed by atoms with Crippen LogP contribution in [0.1, 0.15) is 31.1 Å². The number of nitrogens with two attached hydrogens (primary N) is 1. The second-order valence-electron chi connectivity index (χ2n) is 4.96. The Bertz CT molecular complexity index is 576. The monoisotopic (exact) mass is 281 g/mol. The molecule has 1 aromatic heterocycles. The van der Waals surface area contributed by atoms with Gasteiger partial charge in [-0.2, -0.15) is 4.98 Å². The zero-order valence-corrected chi connectivity index (χ0v) is 11.9. The van der Waals surface area contributed by atoms with Gasteiger partial charge in [0.15, 0.2) is 12.4 Å². The van der Waals surface area contributed by atoms with Crippen molar-refractivity contribution in [1.82, 2.24) is 10.1 Å². The number of aryl methyl sites for hydroxylation is 1. The molecular weight excluding hydrogens is 266 g/mol. The van der Waals surface area contributed by atoms with Gasteiger partial charge in [0.2, 0.25) is 0 Å². The largest absolute Gasteiger partial charge is 0.482 e. The third kappa shape index (κ3) is 3.45. The molecule has 0 fully saturated rings. The van der Waals surface area contributed by atoms with Crippen molar-refractivity contribution in [3.63, 3.8) is 0 Å². The van der Waals surface area contributed by atoms with E-state index in [-0.39, 0.29) is 6.61 Å². The zero-order chi connectivity index (χ0) is 14.0. The van der Waals surface area contributed by atoms with Crippen LogP contribution >= 0.6 is 11.6 Å². The first-order chi connectivity index (χ1) is 8.86. The van der Waals surface area contributed by atoms with Gasteiger partial charge in [-0.3, -0.25) is 0 Å². The first-order valence-corrected chi connectivity index (χ1v) is 6.25. The quantitative estimate of drug-likeness (QED) is 0.933. The summed E-state index contributed by atoms with van der Waals surface area (Å²) in [5.74, 6) is 1.39. The van der Waals surface area contributed by atoms with Gasteiger partial charge >= 0.3 is 0 Å². The molecule has 1 heterocycles. The molecular formula is C13H16ClN3O2. The topological polar surface area (TPSA) is 74.2 Å². The van der Waals surface area contributed by atoms with Gasteiger partial charge in [0.25, 0.3) is 5.89 Å². The van der Waals surface area contributed by atoms with E-state index in [1.54, 1.807) is 13.8 Å². The molecule has 0 unspecified atom stereocenters. The van der Waals surface area contributed by atoms with Crippen molar-refractivity contribution in [1.29, 1.82) is 0 Å². The maximum atomic E-state index is 6.06. The average Bonchev–Trinajstić information content (AvgIpc) is 2.76. The highest BCUT2D eigenvalue weighted by molar-refractivity contribution is 6.32. The van der Waals surface area contributed by atoms with Gasteiger partial charge in [0.05, 0.1) is 10.6 Å². The summed E-state index contributed by atoms with van der Waals surface area (Å²) in [7, 11) is 0. The maximum Gasteiger partial charge on any atom is 0.264 e. The summed E-state index contributed by atoms with van der Waals surface area (Å²) in [6.07, 6.45) is 0. The molecule has 2 N–H and O–H groups in total. The first kappa shape index (κ1) is 13.8. The Hall–Kier alpha value is -1.59. The van der Waals surface area contributed by atoms with Crippen molar-refractivity contribution >= 4 is 11.6 Å². The summed E-state index contributed by atoms with van der Waals surface area (Å²) in [4.78, 5) is 4.17. The van der Waals surface area contributed by atoms with E-state index >= 15 is 0 Å². The smallest absolute Gasteiger partial charge is 0.264 e. The van der Waals surface area contributed by atoms with Crippen LogP contribution in [0.15, 0.2) is 22.7 Å². The van der Waals surface area contributed by atoms with Gasteiger partial charge in [0.1, 0.15) is 5.75 Å². The summed E-state index contributed by atoms with van der Waals surface area (Å²) in [6.45, 7) is 5.73. The van der Waals surface area contributed by atoms with Crippen molar-refractivity contribution in [2.75, 3.05) is 0 Å². The number of aromatic nitrogens is 2. The minimum absolute atomic E-state index is 0.159. The average molecular weight is 282 g/mol. The number of hydrogen-bond donors (Lipinski definition) is 1. The molecule has 1 aromatic carbocycles. The van der Waals surface area contributed by atoms with E-state index in [0.717, 1.165) is 5.56 Å². The van der Waals surface area contributed by atoms with Crippen molar-refractivity contribution in [2.24, 2.45) is 5.73 Å². The first-order valence-electron chi connectivity index (χ1n) is 5.87. The van der Waals surface area contributed by atoms with Gasteiger partial charge in [-0.1, -0.05) is 22.8 Å². The number of halogens is 1. The Kier molecular flexibility index (Phi) is 3.78. The lowest BCUT2D eigenvalue weighted by Crippen LogP contribution is -2.30. The molecule has 0 radical (unpaired) electrons. The van der Waals surface area contributed by atoms with Gasteiger partial charge in [-0.15, -0.1) is 0 Å². The van der Waals surface area contributed by atoms with E-state index in [0.29, 0.717) is 22.5 Å². The molecule has 0 amide bonds. The third-order valence-electron chi connectivity index (χ3n) is 2.48. The lowest BCUT2D eigenvalue weighted by Gasteiger charge is -2.11. The van der Waals surface area contributed by atoms with Crippen LogP contribution in [0.25, 0.3) is 0 Å². The zero-order valence-electron chi connectivity index (χ0n) is 11.1. The van der Waals surface area contributed by atoms with Crippen LogP contribution in [0.4, 0.5) is 0 Å². The van der Waals surface area contributed by atoms with Crippen LogP contribution in [0, 0.1) is 6.92 Å². The number of ether oxygens (including phenoxy) is 1. The van der Waals surface area contributed by atoms with E-state index < -0.39 is 5.54 Å². The van der Waals surface area contributed by atoms with E-state index in [1.807, 2.05) is 25.1 Å². The molecule has 19 heavy (non-hydrogen) atoms. The Morgan fingerprint density at radius 3 is 2.74 bits per heavy atom. The highest BCUT2D eigenvalue weighted by atomic mass is 35.5. The molecule has 0 atom stereocenters. The summed E-state index contributed by atoms with van der Waals surface area (Å²) < 4.78 is 10.6. The molecule has 0 aliphatic rings. The molecule has 5 nitrogen and oxygen atoms in total. The van der Waals surface area contributed by atoms with Crippen LogP contribution in [-0.4, -0.2) is 10.1 Å². The highest BCUT2D eigenvalue weighted by Crippen LogP contribution is 2.26. The van der Waals surface area contributed by atoms with Crippen LogP contribution in [0.3, 0.4) is 0 Å². The van der Waals surface area contributed by atoms with E-state index in [1.165, 1.54) is 0 Å². The second-order valence-corrected chi connectivity index (χ2v) is 5.36. The molecule has 0 saturated heterocycles. The van der Waals surface area contributed by atoms with Crippen LogP contribution in [0.5, 0.6) is 5.75 Å². The van der Waals surface area contributed by atoms with Crippen molar-refractivity contribution in [3.05, 3.63) is 40.5 Å². The summed E-state index contributed by atoms with van der Waals surface area (Å²) in [6, 6.07) is 5.56. The summed E-state index contributed by atoms with van der Waals surface area (Å²) >= 11 is 6.06. The predicted molar refractivity (Wildman–Crippen MR) is 72.0 cm³/mol. The Balaban J connectivity index is 2.04. The van der Waals surface area contributed by atoms with Crippen molar-refractivity contribution in [3.8, 4) is 5.75 Å². The van der Waals surface area contributed by atoms with Gasteiger partial charge in [-0.25, -0.2) is 0 Å².